The summed E-state index contributed by atoms with van der Waals surface area (Å²) in [6, 6.07) is 5.44. The first kappa shape index (κ1) is 12.5. The predicted octanol–water partition coefficient (Wildman–Crippen LogP) is 2.42. The smallest absolute Gasteiger partial charge is 0.251 e. The zero-order chi connectivity index (χ0) is 13.9. The number of hydrogen-bond donors (Lipinski definition) is 0. The van der Waals surface area contributed by atoms with Crippen molar-refractivity contribution in [2.24, 2.45) is 0 Å². The lowest BCUT2D eigenvalue weighted by Crippen LogP contribution is -2.36. The van der Waals surface area contributed by atoms with Crippen molar-refractivity contribution in [3.8, 4) is 5.75 Å². The van der Waals surface area contributed by atoms with Gasteiger partial charge in [0.15, 0.2) is 0 Å². The Morgan fingerprint density at radius 3 is 3.10 bits per heavy atom. The fourth-order valence-electron chi connectivity index (χ4n) is 2.08. The number of fused-ring (bicyclic) bond motifs is 1. The lowest BCUT2D eigenvalue weighted by atomic mass is 10.2. The van der Waals surface area contributed by atoms with E-state index in [9.17, 15) is 4.79 Å². The zero-order valence-corrected chi connectivity index (χ0v) is 11.1. The first-order valence-electron chi connectivity index (χ1n) is 6.37. The number of hydrogen-bond acceptors (Lipinski definition) is 4. The van der Waals surface area contributed by atoms with Gasteiger partial charge in [0.1, 0.15) is 29.6 Å². The largest absolute Gasteiger partial charge is 0.489 e. The SMILES string of the molecule is Cc1ccc(/C=C/C(=O)N2CCOc3ccncc32)o1. The molecule has 1 aliphatic rings. The average molecular weight is 270 g/mol. The first-order chi connectivity index (χ1) is 9.74. The van der Waals surface area contributed by atoms with Crippen LogP contribution in [0.1, 0.15) is 11.5 Å². The van der Waals surface area contributed by atoms with Crippen molar-refractivity contribution in [2.75, 3.05) is 18.1 Å². The van der Waals surface area contributed by atoms with Crippen molar-refractivity contribution in [3.05, 3.63) is 48.2 Å². The third kappa shape index (κ3) is 2.42. The van der Waals surface area contributed by atoms with Gasteiger partial charge in [-0.15, -0.1) is 0 Å². The number of nitrogens with zero attached hydrogens (tertiary/aromatic N) is 2. The van der Waals surface area contributed by atoms with Gasteiger partial charge < -0.3 is 14.1 Å². The van der Waals surface area contributed by atoms with Gasteiger partial charge in [-0.2, -0.15) is 0 Å². The van der Waals surface area contributed by atoms with E-state index in [1.807, 2.05) is 19.1 Å². The molecule has 5 nitrogen and oxygen atoms in total. The summed E-state index contributed by atoms with van der Waals surface area (Å²) in [5, 5.41) is 0. The van der Waals surface area contributed by atoms with Crippen LogP contribution in [0.15, 0.2) is 41.1 Å². The number of rotatable bonds is 2. The third-order valence-electron chi connectivity index (χ3n) is 3.04. The summed E-state index contributed by atoms with van der Waals surface area (Å²) in [6.07, 6.45) is 6.45. The van der Waals surface area contributed by atoms with Crippen molar-refractivity contribution in [2.45, 2.75) is 6.92 Å². The van der Waals surface area contributed by atoms with Crippen molar-refractivity contribution in [3.63, 3.8) is 0 Å². The monoisotopic (exact) mass is 270 g/mol. The van der Waals surface area contributed by atoms with E-state index >= 15 is 0 Å². The highest BCUT2D eigenvalue weighted by atomic mass is 16.5. The molecule has 0 radical (unpaired) electrons. The van der Waals surface area contributed by atoms with Gasteiger partial charge in [0.05, 0.1) is 12.7 Å². The van der Waals surface area contributed by atoms with Crippen molar-refractivity contribution >= 4 is 17.7 Å². The number of aromatic nitrogens is 1. The van der Waals surface area contributed by atoms with Gasteiger partial charge in [-0.05, 0) is 25.1 Å². The molecular weight excluding hydrogens is 256 g/mol. The fraction of sp³-hybridized carbons (Fsp3) is 0.200. The zero-order valence-electron chi connectivity index (χ0n) is 11.1. The first-order valence-corrected chi connectivity index (χ1v) is 6.37. The van der Waals surface area contributed by atoms with E-state index in [0.717, 1.165) is 5.76 Å². The van der Waals surface area contributed by atoms with E-state index in [-0.39, 0.29) is 5.91 Å². The maximum absolute atomic E-state index is 12.3. The summed E-state index contributed by atoms with van der Waals surface area (Å²) in [5.74, 6) is 2.05. The van der Waals surface area contributed by atoms with E-state index in [1.165, 1.54) is 6.08 Å². The Kier molecular flexibility index (Phi) is 3.25. The summed E-state index contributed by atoms with van der Waals surface area (Å²) in [4.78, 5) is 17.9. The lowest BCUT2D eigenvalue weighted by molar-refractivity contribution is -0.114. The average Bonchev–Trinajstić information content (AvgIpc) is 2.90. The van der Waals surface area contributed by atoms with Crippen LogP contribution in [0.5, 0.6) is 5.75 Å². The Bertz CT molecular complexity index is 661. The van der Waals surface area contributed by atoms with Crippen LogP contribution < -0.4 is 9.64 Å². The number of carbonyl (C=O) groups is 1. The summed E-state index contributed by atoms with van der Waals surface area (Å²) >= 11 is 0. The van der Waals surface area contributed by atoms with Gasteiger partial charge in [0.2, 0.25) is 0 Å². The normalized spacial score (nSPS) is 14.2. The fourth-order valence-corrected chi connectivity index (χ4v) is 2.08. The number of furan rings is 1. The van der Waals surface area contributed by atoms with E-state index in [1.54, 1.807) is 29.4 Å². The quantitative estimate of drug-likeness (QED) is 0.786. The molecule has 0 spiro atoms. The molecule has 1 amide bonds. The van der Waals surface area contributed by atoms with Crippen LogP contribution in [0.2, 0.25) is 0 Å². The van der Waals surface area contributed by atoms with Crippen molar-refractivity contribution in [1.29, 1.82) is 0 Å². The van der Waals surface area contributed by atoms with Gasteiger partial charge in [0, 0.05) is 18.3 Å². The molecule has 3 rings (SSSR count). The minimum atomic E-state index is -0.114. The molecule has 102 valence electrons. The van der Waals surface area contributed by atoms with E-state index in [2.05, 4.69) is 4.98 Å². The molecule has 0 saturated carbocycles. The number of anilines is 1. The second-order valence-electron chi connectivity index (χ2n) is 4.46. The van der Waals surface area contributed by atoms with E-state index in [4.69, 9.17) is 9.15 Å². The summed E-state index contributed by atoms with van der Waals surface area (Å²) < 4.78 is 10.9. The molecule has 0 unspecified atom stereocenters. The van der Waals surface area contributed by atoms with Crippen LogP contribution in [0.4, 0.5) is 5.69 Å². The number of carbonyl (C=O) groups excluding carboxylic acids is 1. The molecule has 0 bridgehead atoms. The molecular formula is C15H14N2O3. The van der Waals surface area contributed by atoms with Crippen LogP contribution >= 0.6 is 0 Å². The third-order valence-corrected chi connectivity index (χ3v) is 3.04. The standard InChI is InChI=1S/C15H14N2O3/c1-11-2-3-12(20-11)4-5-15(18)17-8-9-19-14-6-7-16-10-13(14)17/h2-7,10H,8-9H2,1H3/b5-4+. The lowest BCUT2D eigenvalue weighted by Gasteiger charge is -2.27. The van der Waals surface area contributed by atoms with Crippen LogP contribution in [0.3, 0.4) is 0 Å². The van der Waals surface area contributed by atoms with Crippen LogP contribution in [0, 0.1) is 6.92 Å². The highest BCUT2D eigenvalue weighted by molar-refractivity contribution is 6.04. The van der Waals surface area contributed by atoms with Crippen molar-refractivity contribution < 1.29 is 13.9 Å². The van der Waals surface area contributed by atoms with Gasteiger partial charge in [-0.3, -0.25) is 9.78 Å². The Balaban J connectivity index is 1.80. The maximum Gasteiger partial charge on any atom is 0.251 e. The predicted molar refractivity (Wildman–Crippen MR) is 74.6 cm³/mol. The Morgan fingerprint density at radius 2 is 2.30 bits per heavy atom. The van der Waals surface area contributed by atoms with Crippen LogP contribution in [0.25, 0.3) is 6.08 Å². The maximum atomic E-state index is 12.3. The molecule has 3 heterocycles. The van der Waals surface area contributed by atoms with Gasteiger partial charge in [-0.25, -0.2) is 0 Å². The Labute approximate surface area is 116 Å². The topological polar surface area (TPSA) is 55.6 Å². The molecule has 0 atom stereocenters. The van der Waals surface area contributed by atoms with Crippen molar-refractivity contribution in [1.82, 2.24) is 4.98 Å². The highest BCUT2D eigenvalue weighted by Gasteiger charge is 2.22. The summed E-state index contributed by atoms with van der Waals surface area (Å²) in [5.41, 5.74) is 0.698. The second kappa shape index (κ2) is 5.21. The molecule has 0 fully saturated rings. The van der Waals surface area contributed by atoms with E-state index < -0.39 is 0 Å². The number of pyridine rings is 1. The number of ether oxygens (including phenoxy) is 1. The molecule has 2 aromatic rings. The minimum absolute atomic E-state index is 0.114. The molecule has 5 heteroatoms. The second-order valence-corrected chi connectivity index (χ2v) is 4.46. The molecule has 0 aromatic carbocycles. The molecule has 0 saturated heterocycles. The van der Waals surface area contributed by atoms with Crippen LogP contribution in [-0.2, 0) is 4.79 Å². The minimum Gasteiger partial charge on any atom is -0.489 e. The van der Waals surface area contributed by atoms with Gasteiger partial charge in [0.25, 0.3) is 5.91 Å². The molecule has 2 aromatic heterocycles. The van der Waals surface area contributed by atoms with Gasteiger partial charge >= 0.3 is 0 Å². The molecule has 20 heavy (non-hydrogen) atoms. The Morgan fingerprint density at radius 1 is 1.40 bits per heavy atom. The summed E-state index contributed by atoms with van der Waals surface area (Å²) in [7, 11) is 0. The molecule has 0 aliphatic carbocycles. The van der Waals surface area contributed by atoms with Crippen LogP contribution in [-0.4, -0.2) is 24.0 Å². The molecule has 1 aliphatic heterocycles. The highest BCUT2D eigenvalue weighted by Crippen LogP contribution is 2.30. The Hall–Kier alpha value is -2.56. The van der Waals surface area contributed by atoms with E-state index in [0.29, 0.717) is 30.3 Å². The number of aryl methyl sites for hydroxylation is 1. The molecule has 0 N–H and O–H groups in total. The van der Waals surface area contributed by atoms with Gasteiger partial charge in [-0.1, -0.05) is 0 Å². The number of amides is 1. The summed E-state index contributed by atoms with van der Waals surface area (Å²) in [6.45, 7) is 2.86.